The maximum Gasteiger partial charge on any atom is 0.141 e. The first-order valence-electron chi connectivity index (χ1n) is 12.9. The Kier molecular flexibility index (Phi) is 5.69. The highest BCUT2D eigenvalue weighted by atomic mass is 16.5. The number of rotatable bonds is 5. The van der Waals surface area contributed by atoms with Crippen LogP contribution in [-0.2, 0) is 17.4 Å². The number of hydrogen-bond acceptors (Lipinski definition) is 6. The number of fused-ring (bicyclic) bond motifs is 3. The molecule has 0 aliphatic carbocycles. The van der Waals surface area contributed by atoms with Crippen molar-refractivity contribution in [1.29, 1.82) is 0 Å². The van der Waals surface area contributed by atoms with E-state index in [4.69, 9.17) is 19.3 Å². The van der Waals surface area contributed by atoms with Gasteiger partial charge in [-0.2, -0.15) is 5.10 Å². The predicted octanol–water partition coefficient (Wildman–Crippen LogP) is 5.44. The van der Waals surface area contributed by atoms with Crippen LogP contribution in [-0.4, -0.2) is 42.8 Å². The maximum atomic E-state index is 11.2. The molecule has 0 unspecified atom stereocenters. The van der Waals surface area contributed by atoms with Gasteiger partial charge in [0.05, 0.1) is 22.8 Å². The molecular weight excluding hydrogens is 466 g/mol. The van der Waals surface area contributed by atoms with Crippen LogP contribution in [0.4, 0.5) is 0 Å². The van der Waals surface area contributed by atoms with Crippen molar-refractivity contribution in [3.63, 3.8) is 0 Å². The summed E-state index contributed by atoms with van der Waals surface area (Å²) in [5.74, 6) is 1.12. The summed E-state index contributed by atoms with van der Waals surface area (Å²) in [4.78, 5) is 4.99. The molecule has 0 radical (unpaired) electrons. The van der Waals surface area contributed by atoms with Crippen molar-refractivity contribution >= 4 is 22.1 Å². The van der Waals surface area contributed by atoms with Gasteiger partial charge in [-0.3, -0.25) is 9.67 Å². The van der Waals surface area contributed by atoms with Gasteiger partial charge in [-0.1, -0.05) is 35.5 Å². The Balaban J connectivity index is 1.73. The monoisotopic (exact) mass is 499 g/mol. The van der Waals surface area contributed by atoms with Gasteiger partial charge in [0.15, 0.2) is 0 Å². The lowest BCUT2D eigenvalue weighted by Gasteiger charge is -2.33. The molecule has 192 valence electrons. The van der Waals surface area contributed by atoms with Crippen molar-refractivity contribution in [2.45, 2.75) is 52.2 Å². The van der Waals surface area contributed by atoms with Gasteiger partial charge in [0.25, 0.3) is 0 Å². The molecule has 1 saturated heterocycles. The summed E-state index contributed by atoms with van der Waals surface area (Å²) in [6.45, 7) is 8.96. The fraction of sp³-hybridized carbons (Fsp3) is 0.414. The number of hydrogen-bond donors (Lipinski definition) is 1. The van der Waals surface area contributed by atoms with Crippen molar-refractivity contribution < 1.29 is 14.4 Å². The molecule has 5 heterocycles. The van der Waals surface area contributed by atoms with Crippen molar-refractivity contribution in [3.05, 3.63) is 65.3 Å². The van der Waals surface area contributed by atoms with Crippen molar-refractivity contribution in [2.24, 2.45) is 13.0 Å². The first kappa shape index (κ1) is 23.9. The van der Waals surface area contributed by atoms with E-state index >= 15 is 0 Å². The summed E-state index contributed by atoms with van der Waals surface area (Å²) in [7, 11) is 1.93. The lowest BCUT2D eigenvalue weighted by atomic mass is 9.86. The summed E-state index contributed by atoms with van der Waals surface area (Å²) in [6, 6.07) is 12.9. The third-order valence-electron chi connectivity index (χ3n) is 7.65. The van der Waals surface area contributed by atoms with E-state index in [0.29, 0.717) is 11.6 Å². The Morgan fingerprint density at radius 1 is 1.08 bits per heavy atom. The number of aryl methyl sites for hydroxylation is 3. The third kappa shape index (κ3) is 3.86. The Labute approximate surface area is 215 Å². The molecule has 6 rings (SSSR count). The molecule has 1 atom stereocenters. The smallest absolute Gasteiger partial charge is 0.141 e. The maximum absolute atomic E-state index is 11.2. The molecule has 5 aromatic rings. The van der Waals surface area contributed by atoms with Gasteiger partial charge in [-0.15, -0.1) is 0 Å². The van der Waals surface area contributed by atoms with Crippen LogP contribution in [0.3, 0.4) is 0 Å². The number of aliphatic hydroxyl groups is 1. The van der Waals surface area contributed by atoms with Crippen LogP contribution < -0.4 is 0 Å². The van der Waals surface area contributed by atoms with Gasteiger partial charge >= 0.3 is 0 Å². The average Bonchev–Trinajstić information content (AvgIpc) is 3.52. The number of nitrogens with zero attached hydrogens (tertiary/aromatic N) is 5. The predicted molar refractivity (Wildman–Crippen MR) is 142 cm³/mol. The Morgan fingerprint density at radius 3 is 2.46 bits per heavy atom. The van der Waals surface area contributed by atoms with Gasteiger partial charge in [0, 0.05) is 37.6 Å². The van der Waals surface area contributed by atoms with E-state index in [1.165, 1.54) is 5.56 Å². The van der Waals surface area contributed by atoms with Crippen LogP contribution in [0.25, 0.3) is 33.2 Å². The second kappa shape index (κ2) is 8.82. The van der Waals surface area contributed by atoms with Gasteiger partial charge in [0.1, 0.15) is 28.1 Å². The van der Waals surface area contributed by atoms with E-state index in [2.05, 4.69) is 46.1 Å². The summed E-state index contributed by atoms with van der Waals surface area (Å²) in [6.07, 6.45) is 3.80. The van der Waals surface area contributed by atoms with Crippen LogP contribution in [0.5, 0.6) is 0 Å². The Morgan fingerprint density at radius 2 is 1.81 bits per heavy atom. The molecule has 8 nitrogen and oxygen atoms in total. The molecule has 1 N–H and O–H groups in total. The van der Waals surface area contributed by atoms with Crippen molar-refractivity contribution in [3.8, 4) is 11.1 Å². The minimum atomic E-state index is -1.13. The summed E-state index contributed by atoms with van der Waals surface area (Å²) in [5.41, 5.74) is 7.22. The molecule has 4 aromatic heterocycles. The Hall–Kier alpha value is -3.49. The second-order valence-electron chi connectivity index (χ2n) is 10.7. The first-order chi connectivity index (χ1) is 17.8. The van der Waals surface area contributed by atoms with E-state index in [1.54, 1.807) is 13.8 Å². The lowest BCUT2D eigenvalue weighted by molar-refractivity contribution is 0.0547. The molecular formula is C29H33N5O3. The van der Waals surface area contributed by atoms with E-state index in [9.17, 15) is 5.11 Å². The van der Waals surface area contributed by atoms with E-state index in [-0.39, 0.29) is 6.04 Å². The highest BCUT2D eigenvalue weighted by Gasteiger charge is 2.35. The quantitative estimate of drug-likeness (QED) is 0.346. The lowest BCUT2D eigenvalue weighted by Crippen LogP contribution is -2.28. The third-order valence-corrected chi connectivity index (χ3v) is 7.65. The fourth-order valence-corrected chi connectivity index (χ4v) is 5.99. The highest BCUT2D eigenvalue weighted by molar-refractivity contribution is 6.06. The van der Waals surface area contributed by atoms with Gasteiger partial charge in [0.2, 0.25) is 0 Å². The minimum absolute atomic E-state index is 0.0251. The number of benzene rings is 1. The molecule has 37 heavy (non-hydrogen) atoms. The second-order valence-corrected chi connectivity index (χ2v) is 10.7. The molecule has 0 saturated carbocycles. The fourth-order valence-electron chi connectivity index (χ4n) is 5.99. The van der Waals surface area contributed by atoms with Crippen molar-refractivity contribution in [1.82, 2.24) is 24.5 Å². The molecule has 0 amide bonds. The van der Waals surface area contributed by atoms with Crippen LogP contribution in [0.1, 0.15) is 55.4 Å². The zero-order valence-corrected chi connectivity index (χ0v) is 22.0. The number of pyridine rings is 1. The molecule has 1 aromatic carbocycles. The SMILES string of the molecule is Cc1noc(C)c1-c1cnc2c3c(c(C(C)(C)O)nn3C)n([C@H](c3ccccc3)C3CCOCC3)c2c1. The topological polar surface area (TPSA) is 91.1 Å². The van der Waals surface area contributed by atoms with Crippen LogP contribution >= 0.6 is 0 Å². The largest absolute Gasteiger partial charge is 0.384 e. The van der Waals surface area contributed by atoms with Gasteiger partial charge in [-0.05, 0) is 58.1 Å². The van der Waals surface area contributed by atoms with Crippen LogP contribution in [0, 0.1) is 19.8 Å². The molecule has 1 aliphatic rings. The number of aromatic nitrogens is 5. The highest BCUT2D eigenvalue weighted by Crippen LogP contribution is 2.43. The molecule has 1 fully saturated rings. The normalized spacial score (nSPS) is 16.2. The molecule has 0 spiro atoms. The molecule has 8 heteroatoms. The van der Waals surface area contributed by atoms with Gasteiger partial charge < -0.3 is 18.9 Å². The van der Waals surface area contributed by atoms with Crippen LogP contribution in [0.2, 0.25) is 0 Å². The summed E-state index contributed by atoms with van der Waals surface area (Å²) in [5, 5.41) is 20.2. The summed E-state index contributed by atoms with van der Waals surface area (Å²) < 4.78 is 15.5. The van der Waals surface area contributed by atoms with E-state index in [1.807, 2.05) is 31.8 Å². The standard InChI is InChI=1S/C29H33N5O3/c1-17-23(18(2)37-32-17)21-15-22-24(30-16-21)26-27(28(29(3,4)35)31-33(26)5)34(22)25(19-9-7-6-8-10-19)20-11-13-36-14-12-20/h6-10,15-16,20,25,35H,11-14H2,1-5H3/t25-/m1/s1. The van der Waals surface area contributed by atoms with Crippen LogP contribution in [0.15, 0.2) is 47.1 Å². The summed E-state index contributed by atoms with van der Waals surface area (Å²) >= 11 is 0. The zero-order chi connectivity index (χ0) is 25.9. The van der Waals surface area contributed by atoms with Gasteiger partial charge in [-0.25, -0.2) is 0 Å². The molecule has 0 bridgehead atoms. The zero-order valence-electron chi connectivity index (χ0n) is 22.0. The number of ether oxygens (including phenoxy) is 1. The van der Waals surface area contributed by atoms with E-state index < -0.39 is 5.60 Å². The molecule has 1 aliphatic heterocycles. The van der Waals surface area contributed by atoms with Crippen molar-refractivity contribution in [2.75, 3.05) is 13.2 Å². The average molecular weight is 500 g/mol. The Bertz CT molecular complexity index is 1560. The first-order valence-corrected chi connectivity index (χ1v) is 12.9. The minimum Gasteiger partial charge on any atom is -0.384 e. The van der Waals surface area contributed by atoms with E-state index in [0.717, 1.165) is 70.7 Å².